The van der Waals surface area contributed by atoms with E-state index in [9.17, 15) is 18.0 Å². The normalized spacial score (nSPS) is 11.7. The smallest absolute Gasteiger partial charge is 0.329 e. The molecule has 3 aromatic heterocycles. The number of hydrogen-bond donors (Lipinski definition) is 0. The minimum Gasteiger partial charge on any atom is -0.329 e. The minimum atomic E-state index is -4.69. The number of carbonyl (C=O) groups is 1. The lowest BCUT2D eigenvalue weighted by atomic mass is 10.4. The van der Waals surface area contributed by atoms with Crippen LogP contribution < -0.4 is 0 Å². The van der Waals surface area contributed by atoms with E-state index in [-0.39, 0.29) is 18.2 Å². The fourth-order valence-corrected chi connectivity index (χ4v) is 2.80. The Balaban J connectivity index is 1.72. The van der Waals surface area contributed by atoms with E-state index in [1.165, 1.54) is 36.5 Å². The van der Waals surface area contributed by atoms with Crippen molar-refractivity contribution in [3.63, 3.8) is 0 Å². The van der Waals surface area contributed by atoms with Gasteiger partial charge in [0, 0.05) is 11.9 Å². The number of halogens is 3. The average molecular weight is 388 g/mol. The van der Waals surface area contributed by atoms with Gasteiger partial charge in [0.25, 0.3) is 0 Å². The summed E-state index contributed by atoms with van der Waals surface area (Å²) in [5.74, 6) is -2.10. The van der Waals surface area contributed by atoms with Crippen LogP contribution in [0.25, 0.3) is 10.7 Å². The Hall–Kier alpha value is -2.80. The van der Waals surface area contributed by atoms with Gasteiger partial charge >= 0.3 is 18.0 Å². The molecule has 1 amide bonds. The van der Waals surface area contributed by atoms with Crippen molar-refractivity contribution in [3.8, 4) is 10.7 Å². The third-order valence-electron chi connectivity index (χ3n) is 3.16. The lowest BCUT2D eigenvalue weighted by molar-refractivity contribution is -0.159. The largest absolute Gasteiger partial charge is 0.471 e. The van der Waals surface area contributed by atoms with Gasteiger partial charge in [-0.3, -0.25) is 9.63 Å². The maximum absolute atomic E-state index is 12.5. The third kappa shape index (κ3) is 3.72. The van der Waals surface area contributed by atoms with E-state index in [2.05, 4.69) is 24.7 Å². The first-order valence-corrected chi connectivity index (χ1v) is 7.81. The predicted octanol–water partition coefficient (Wildman–Crippen LogP) is 2.09. The van der Waals surface area contributed by atoms with Crippen LogP contribution in [0, 0.1) is 0 Å². The van der Waals surface area contributed by atoms with Crippen LogP contribution in [0.15, 0.2) is 23.0 Å². The molecule has 0 atom stereocenters. The Labute approximate surface area is 148 Å². The van der Waals surface area contributed by atoms with Crippen LogP contribution in [-0.4, -0.2) is 50.0 Å². The number of thiophene rings is 1. The van der Waals surface area contributed by atoms with Crippen LogP contribution in [0.2, 0.25) is 0 Å². The highest BCUT2D eigenvalue weighted by atomic mass is 32.1. The van der Waals surface area contributed by atoms with Gasteiger partial charge in [0.1, 0.15) is 6.33 Å². The van der Waals surface area contributed by atoms with E-state index in [0.717, 1.165) is 9.94 Å². The summed E-state index contributed by atoms with van der Waals surface area (Å²) in [6.07, 6.45) is -3.32. The first-order chi connectivity index (χ1) is 12.3. The second kappa shape index (κ2) is 6.84. The van der Waals surface area contributed by atoms with E-state index in [4.69, 9.17) is 4.84 Å². The van der Waals surface area contributed by atoms with Crippen molar-refractivity contribution in [2.75, 3.05) is 14.2 Å². The molecule has 9 nitrogen and oxygen atoms in total. The van der Waals surface area contributed by atoms with E-state index < -0.39 is 18.0 Å². The zero-order valence-electron chi connectivity index (χ0n) is 13.4. The van der Waals surface area contributed by atoms with Crippen molar-refractivity contribution in [1.82, 2.24) is 30.0 Å². The van der Waals surface area contributed by atoms with Crippen LogP contribution in [0.1, 0.15) is 21.4 Å². The molecule has 0 aliphatic carbocycles. The molecule has 0 spiro atoms. The minimum absolute atomic E-state index is 0.0425. The first-order valence-electron chi connectivity index (χ1n) is 6.99. The highest BCUT2D eigenvalue weighted by Gasteiger charge is 2.38. The van der Waals surface area contributed by atoms with Gasteiger partial charge in [0.2, 0.25) is 11.6 Å². The Morgan fingerprint density at radius 2 is 2.19 bits per heavy atom. The topological polar surface area (TPSA) is 99.2 Å². The number of alkyl halides is 3. The van der Waals surface area contributed by atoms with Gasteiger partial charge in [0.05, 0.1) is 18.5 Å². The van der Waals surface area contributed by atoms with E-state index in [1.807, 2.05) is 0 Å². The van der Waals surface area contributed by atoms with Gasteiger partial charge in [-0.25, -0.2) is 14.7 Å². The standard InChI is InChI=1S/C13H11F3N6O3S/c1-21(24-2)11(23)10-17-6-22(19-10)5-7-3-4-8(26-7)9-18-12(25-20-9)13(14,15)16/h3-4,6H,5H2,1-2H3. The van der Waals surface area contributed by atoms with Gasteiger partial charge < -0.3 is 4.52 Å². The highest BCUT2D eigenvalue weighted by molar-refractivity contribution is 7.15. The van der Waals surface area contributed by atoms with Gasteiger partial charge in [0.15, 0.2) is 0 Å². The van der Waals surface area contributed by atoms with Gasteiger partial charge in [-0.05, 0) is 12.1 Å². The van der Waals surface area contributed by atoms with Crippen molar-refractivity contribution in [2.45, 2.75) is 12.7 Å². The zero-order chi connectivity index (χ0) is 18.9. The Morgan fingerprint density at radius 3 is 2.85 bits per heavy atom. The maximum Gasteiger partial charge on any atom is 0.471 e. The lowest BCUT2D eigenvalue weighted by Gasteiger charge is -2.10. The van der Waals surface area contributed by atoms with Gasteiger partial charge in [-0.2, -0.15) is 18.2 Å². The fraction of sp³-hybridized carbons (Fsp3) is 0.308. The number of carbonyl (C=O) groups excluding carboxylic acids is 1. The number of hydrogen-bond acceptors (Lipinski definition) is 8. The van der Waals surface area contributed by atoms with Crippen molar-refractivity contribution in [1.29, 1.82) is 0 Å². The summed E-state index contributed by atoms with van der Waals surface area (Å²) in [7, 11) is 2.76. The summed E-state index contributed by atoms with van der Waals surface area (Å²) >= 11 is 1.17. The third-order valence-corrected chi connectivity index (χ3v) is 4.22. The van der Waals surface area contributed by atoms with Crippen LogP contribution >= 0.6 is 11.3 Å². The maximum atomic E-state index is 12.5. The van der Waals surface area contributed by atoms with Crippen LogP contribution in [0.4, 0.5) is 13.2 Å². The quantitative estimate of drug-likeness (QED) is 0.617. The van der Waals surface area contributed by atoms with Crippen LogP contribution in [0.3, 0.4) is 0 Å². The van der Waals surface area contributed by atoms with Crippen molar-refractivity contribution in [2.24, 2.45) is 0 Å². The zero-order valence-corrected chi connectivity index (χ0v) is 14.2. The number of hydroxylamine groups is 2. The molecule has 3 aromatic rings. The van der Waals surface area contributed by atoms with Gasteiger partial charge in [-0.15, -0.1) is 16.4 Å². The molecule has 0 aliphatic rings. The van der Waals surface area contributed by atoms with Crippen molar-refractivity contribution >= 4 is 17.2 Å². The summed E-state index contributed by atoms with van der Waals surface area (Å²) in [4.78, 5) is 25.0. The number of rotatable bonds is 5. The van der Waals surface area contributed by atoms with E-state index >= 15 is 0 Å². The average Bonchev–Trinajstić information content (AvgIpc) is 3.32. The molecule has 138 valence electrons. The number of nitrogens with zero attached hydrogens (tertiary/aromatic N) is 6. The lowest BCUT2D eigenvalue weighted by Crippen LogP contribution is -2.26. The molecule has 3 heterocycles. The summed E-state index contributed by atoms with van der Waals surface area (Å²) in [6.45, 7) is 0.269. The molecule has 26 heavy (non-hydrogen) atoms. The molecule has 0 aliphatic heterocycles. The van der Waals surface area contributed by atoms with E-state index in [1.54, 1.807) is 12.1 Å². The molecule has 3 rings (SSSR count). The molecule has 0 aromatic carbocycles. The Kier molecular flexibility index (Phi) is 4.73. The molecule has 0 unspecified atom stereocenters. The SMILES string of the molecule is CON(C)C(=O)c1ncn(Cc2ccc(-c3noc(C(F)(F)F)n3)s2)n1. The molecule has 0 bridgehead atoms. The second-order valence-electron chi connectivity index (χ2n) is 4.94. The molecule has 0 fully saturated rings. The summed E-state index contributed by atoms with van der Waals surface area (Å²) < 4.78 is 43.2. The number of aromatic nitrogens is 5. The molecular weight excluding hydrogens is 377 g/mol. The first kappa shape index (κ1) is 18.0. The van der Waals surface area contributed by atoms with Crippen LogP contribution in [-0.2, 0) is 17.6 Å². The molecule has 13 heteroatoms. The van der Waals surface area contributed by atoms with Gasteiger partial charge in [-0.1, -0.05) is 5.16 Å². The summed E-state index contributed by atoms with van der Waals surface area (Å²) in [5, 5.41) is 8.35. The predicted molar refractivity (Wildman–Crippen MR) is 80.8 cm³/mol. The highest BCUT2D eigenvalue weighted by Crippen LogP contribution is 2.31. The summed E-state index contributed by atoms with van der Waals surface area (Å²) in [5.41, 5.74) is 0. The monoisotopic (exact) mass is 388 g/mol. The second-order valence-corrected chi connectivity index (χ2v) is 6.11. The summed E-state index contributed by atoms with van der Waals surface area (Å²) in [6, 6.07) is 3.26. The number of amides is 1. The fourth-order valence-electron chi connectivity index (χ4n) is 1.87. The molecule has 0 N–H and O–H groups in total. The Bertz CT molecular complexity index is 918. The van der Waals surface area contributed by atoms with Crippen LogP contribution in [0.5, 0.6) is 0 Å². The molecular formula is C13H11F3N6O3S. The van der Waals surface area contributed by atoms with Crippen molar-refractivity contribution in [3.05, 3.63) is 35.1 Å². The van der Waals surface area contributed by atoms with Crippen molar-refractivity contribution < 1.29 is 27.3 Å². The Morgan fingerprint density at radius 1 is 1.42 bits per heavy atom. The molecule has 0 saturated carbocycles. The molecule has 0 radical (unpaired) electrons. The van der Waals surface area contributed by atoms with E-state index in [0.29, 0.717) is 4.88 Å². The molecule has 0 saturated heterocycles.